The molecule has 0 aliphatic carbocycles. The summed E-state index contributed by atoms with van der Waals surface area (Å²) < 4.78 is 0. The van der Waals surface area contributed by atoms with Crippen LogP contribution >= 0.6 is 11.3 Å². The van der Waals surface area contributed by atoms with Crippen LogP contribution in [0, 0.1) is 20.8 Å². The van der Waals surface area contributed by atoms with Crippen molar-refractivity contribution in [1.29, 1.82) is 0 Å². The van der Waals surface area contributed by atoms with Gasteiger partial charge in [-0.1, -0.05) is 6.92 Å². The topological polar surface area (TPSA) is 90.6 Å². The number of thiazole rings is 1. The predicted octanol–water partition coefficient (Wildman–Crippen LogP) is 1.89. The number of H-pyrrole nitrogens is 2. The minimum atomic E-state index is -0.239. The molecule has 0 unspecified atom stereocenters. The van der Waals surface area contributed by atoms with E-state index in [9.17, 15) is 9.59 Å². The fourth-order valence-electron chi connectivity index (χ4n) is 2.08. The fourth-order valence-corrected chi connectivity index (χ4v) is 3.13. The summed E-state index contributed by atoms with van der Waals surface area (Å²) in [5.74, 6) is -0.166. The van der Waals surface area contributed by atoms with Crippen LogP contribution in [0.4, 0.5) is 0 Å². The number of aromatic nitrogens is 3. The smallest absolute Gasteiger partial charge is 0.267 e. The highest BCUT2D eigenvalue weighted by Crippen LogP contribution is 2.24. The Bertz CT molecular complexity index is 679. The zero-order valence-corrected chi connectivity index (χ0v) is 13.5. The molecule has 0 aromatic carbocycles. The van der Waals surface area contributed by atoms with E-state index in [-0.39, 0.29) is 23.9 Å². The van der Waals surface area contributed by atoms with Gasteiger partial charge in [0.2, 0.25) is 5.91 Å². The van der Waals surface area contributed by atoms with Gasteiger partial charge in [-0.15, -0.1) is 11.3 Å². The van der Waals surface area contributed by atoms with Crippen molar-refractivity contribution in [2.45, 2.75) is 46.6 Å². The van der Waals surface area contributed by atoms with E-state index in [0.29, 0.717) is 11.3 Å². The van der Waals surface area contributed by atoms with Crippen LogP contribution in [-0.4, -0.2) is 21.1 Å². The van der Waals surface area contributed by atoms with Crippen molar-refractivity contribution in [2.24, 2.45) is 0 Å². The van der Waals surface area contributed by atoms with E-state index in [1.165, 1.54) is 0 Å². The van der Waals surface area contributed by atoms with Crippen molar-refractivity contribution in [3.8, 4) is 0 Å². The van der Waals surface area contributed by atoms with Gasteiger partial charge in [0.05, 0.1) is 18.2 Å². The maximum absolute atomic E-state index is 12.1. The molecule has 0 saturated carbocycles. The third-order valence-electron chi connectivity index (χ3n) is 3.51. The van der Waals surface area contributed by atoms with Crippen molar-refractivity contribution in [3.05, 3.63) is 37.2 Å². The molecule has 114 valence electrons. The van der Waals surface area contributed by atoms with Gasteiger partial charge in [0.15, 0.2) is 0 Å². The first-order valence-electron chi connectivity index (χ1n) is 6.91. The molecule has 0 aliphatic heterocycles. The third kappa shape index (κ3) is 3.41. The highest BCUT2D eigenvalue weighted by atomic mass is 32.1. The molecule has 0 bridgehead atoms. The Hall–Kier alpha value is -1.89. The van der Waals surface area contributed by atoms with Gasteiger partial charge in [-0.3, -0.25) is 14.7 Å². The Balaban J connectivity index is 2.08. The molecule has 1 amide bonds. The third-order valence-corrected chi connectivity index (χ3v) is 4.70. The molecule has 7 heteroatoms. The predicted molar refractivity (Wildman–Crippen MR) is 82.6 cm³/mol. The highest BCUT2D eigenvalue weighted by Gasteiger charge is 2.19. The Morgan fingerprint density at radius 1 is 1.33 bits per heavy atom. The Labute approximate surface area is 127 Å². The normalized spacial score (nSPS) is 12.4. The molecule has 2 heterocycles. The van der Waals surface area contributed by atoms with Crippen LogP contribution < -0.4 is 10.9 Å². The minimum absolute atomic E-state index is 0.0739. The first kappa shape index (κ1) is 15.5. The quantitative estimate of drug-likeness (QED) is 0.788. The van der Waals surface area contributed by atoms with E-state index in [4.69, 9.17) is 0 Å². The van der Waals surface area contributed by atoms with E-state index in [1.807, 2.05) is 20.8 Å². The standard InChI is InChI=1S/C14H20N4O2S/c1-5-11(14-15-7(2)9(4)21-14)16-12(19)6-10-8(3)17-18-13(10)20/h11H,5-6H2,1-4H3,(H,16,19)(H2,17,18,20)/t11-/m0/s1. The maximum atomic E-state index is 12.1. The van der Waals surface area contributed by atoms with Crippen LogP contribution in [0.5, 0.6) is 0 Å². The van der Waals surface area contributed by atoms with E-state index >= 15 is 0 Å². The summed E-state index contributed by atoms with van der Waals surface area (Å²) in [4.78, 5) is 29.4. The summed E-state index contributed by atoms with van der Waals surface area (Å²) in [7, 11) is 0. The van der Waals surface area contributed by atoms with Gasteiger partial charge >= 0.3 is 0 Å². The summed E-state index contributed by atoms with van der Waals surface area (Å²) >= 11 is 1.60. The SMILES string of the molecule is CC[C@H](NC(=O)Cc1c(C)[nH][nH]c1=O)c1nc(C)c(C)s1. The number of nitrogens with one attached hydrogen (secondary N) is 3. The van der Waals surface area contributed by atoms with E-state index in [1.54, 1.807) is 18.3 Å². The van der Waals surface area contributed by atoms with Crippen molar-refractivity contribution >= 4 is 17.2 Å². The van der Waals surface area contributed by atoms with Gasteiger partial charge in [-0.05, 0) is 27.2 Å². The van der Waals surface area contributed by atoms with Gasteiger partial charge in [0.1, 0.15) is 5.01 Å². The van der Waals surface area contributed by atoms with E-state index < -0.39 is 0 Å². The Morgan fingerprint density at radius 2 is 2.05 bits per heavy atom. The molecule has 0 radical (unpaired) electrons. The molecule has 0 saturated heterocycles. The van der Waals surface area contributed by atoms with Gasteiger partial charge in [-0.2, -0.15) is 0 Å². The monoisotopic (exact) mass is 308 g/mol. The summed E-state index contributed by atoms with van der Waals surface area (Å²) in [6.45, 7) is 7.76. The van der Waals surface area contributed by atoms with Crippen molar-refractivity contribution in [2.75, 3.05) is 0 Å². The van der Waals surface area contributed by atoms with Crippen molar-refractivity contribution in [1.82, 2.24) is 20.5 Å². The van der Waals surface area contributed by atoms with Gasteiger partial charge in [0.25, 0.3) is 5.56 Å². The van der Waals surface area contributed by atoms with Crippen LogP contribution in [0.25, 0.3) is 0 Å². The average Bonchev–Trinajstić information content (AvgIpc) is 2.93. The number of amides is 1. The zero-order valence-electron chi connectivity index (χ0n) is 12.7. The van der Waals surface area contributed by atoms with Crippen LogP contribution in [0.1, 0.15) is 46.2 Å². The molecule has 2 aromatic rings. The summed E-state index contributed by atoms with van der Waals surface area (Å²) in [6.07, 6.45) is 0.838. The number of aromatic amines is 2. The number of hydrogen-bond donors (Lipinski definition) is 3. The number of hydrogen-bond acceptors (Lipinski definition) is 4. The first-order valence-corrected chi connectivity index (χ1v) is 7.73. The molecule has 2 rings (SSSR count). The second-order valence-corrected chi connectivity index (χ2v) is 6.32. The summed E-state index contributed by atoms with van der Waals surface area (Å²) in [5.41, 5.74) is 1.94. The van der Waals surface area contributed by atoms with Crippen LogP contribution in [0.2, 0.25) is 0 Å². The molecule has 6 nitrogen and oxygen atoms in total. The van der Waals surface area contributed by atoms with Crippen LogP contribution in [-0.2, 0) is 11.2 Å². The summed E-state index contributed by atoms with van der Waals surface area (Å²) in [6, 6.07) is -0.103. The zero-order chi connectivity index (χ0) is 15.6. The molecular weight excluding hydrogens is 288 g/mol. The molecule has 0 spiro atoms. The molecule has 0 fully saturated rings. The average molecular weight is 308 g/mol. The van der Waals surface area contributed by atoms with Crippen molar-refractivity contribution < 1.29 is 4.79 Å². The molecular formula is C14H20N4O2S. The second-order valence-electron chi connectivity index (χ2n) is 5.08. The van der Waals surface area contributed by atoms with Crippen LogP contribution in [0.3, 0.4) is 0 Å². The maximum Gasteiger partial charge on any atom is 0.267 e. The molecule has 2 aromatic heterocycles. The number of carbonyl (C=O) groups is 1. The van der Waals surface area contributed by atoms with Crippen LogP contribution in [0.15, 0.2) is 4.79 Å². The summed E-state index contributed by atoms with van der Waals surface area (Å²) in [5, 5.41) is 9.08. The Morgan fingerprint density at radius 3 is 2.52 bits per heavy atom. The van der Waals surface area contributed by atoms with Gasteiger partial charge in [0, 0.05) is 16.1 Å². The van der Waals surface area contributed by atoms with E-state index in [2.05, 4.69) is 20.5 Å². The molecule has 1 atom stereocenters. The Kier molecular flexibility index (Phi) is 4.62. The number of nitrogens with zero attached hydrogens (tertiary/aromatic N) is 1. The van der Waals surface area contributed by atoms with Gasteiger partial charge in [-0.25, -0.2) is 4.98 Å². The fraction of sp³-hybridized carbons (Fsp3) is 0.500. The molecule has 0 aliphatic rings. The lowest BCUT2D eigenvalue weighted by Gasteiger charge is -2.14. The van der Waals surface area contributed by atoms with E-state index in [0.717, 1.165) is 22.0 Å². The lowest BCUT2D eigenvalue weighted by molar-refractivity contribution is -0.121. The molecule has 3 N–H and O–H groups in total. The lowest BCUT2D eigenvalue weighted by atomic mass is 10.1. The second kappa shape index (κ2) is 6.26. The number of carbonyl (C=O) groups excluding carboxylic acids is 1. The van der Waals surface area contributed by atoms with Gasteiger partial charge < -0.3 is 10.4 Å². The molecule has 21 heavy (non-hydrogen) atoms. The highest BCUT2D eigenvalue weighted by molar-refractivity contribution is 7.11. The lowest BCUT2D eigenvalue weighted by Crippen LogP contribution is -2.30. The first-order chi connectivity index (χ1) is 9.92. The minimum Gasteiger partial charge on any atom is -0.347 e. The number of aryl methyl sites for hydroxylation is 3. The van der Waals surface area contributed by atoms with Crippen molar-refractivity contribution in [3.63, 3.8) is 0 Å². The largest absolute Gasteiger partial charge is 0.347 e. The number of rotatable bonds is 5.